The summed E-state index contributed by atoms with van der Waals surface area (Å²) in [6.45, 7) is 1.89. The standard InChI is InChI=1S/C19H18N2O3S/c1-19-15(17(22)23-2)16(13-10-6-7-11-14(13)24-19)20-18(25)21(19)12-8-4-3-5-9-12/h3-11,15-16H,1-2H3,(H,20,25)/t15-,16+,19+/m1/s1. The maximum Gasteiger partial charge on any atom is 0.317 e. The molecular formula is C19H18N2O3S. The third kappa shape index (κ3) is 2.28. The average Bonchev–Trinajstić information content (AvgIpc) is 2.61. The van der Waals surface area contributed by atoms with Gasteiger partial charge in [-0.05, 0) is 37.3 Å². The van der Waals surface area contributed by atoms with Crippen molar-refractivity contribution >= 4 is 29.0 Å². The van der Waals surface area contributed by atoms with E-state index < -0.39 is 11.6 Å². The molecule has 1 N–H and O–H groups in total. The number of methoxy groups -OCH3 is 1. The number of fused-ring (bicyclic) bond motifs is 4. The van der Waals surface area contributed by atoms with Gasteiger partial charge in [-0.1, -0.05) is 36.4 Å². The van der Waals surface area contributed by atoms with E-state index in [9.17, 15) is 4.79 Å². The van der Waals surface area contributed by atoms with Gasteiger partial charge in [-0.2, -0.15) is 0 Å². The lowest BCUT2D eigenvalue weighted by Crippen LogP contribution is -2.71. The van der Waals surface area contributed by atoms with Gasteiger partial charge in [0.25, 0.3) is 0 Å². The summed E-state index contributed by atoms with van der Waals surface area (Å²) < 4.78 is 11.5. The number of para-hydroxylation sites is 2. The van der Waals surface area contributed by atoms with E-state index in [1.807, 2.05) is 66.4 Å². The Morgan fingerprint density at radius 3 is 2.60 bits per heavy atom. The predicted molar refractivity (Wildman–Crippen MR) is 98.4 cm³/mol. The van der Waals surface area contributed by atoms with Crippen LogP contribution in [-0.4, -0.2) is 23.9 Å². The van der Waals surface area contributed by atoms with Gasteiger partial charge in [0.1, 0.15) is 11.7 Å². The van der Waals surface area contributed by atoms with E-state index in [-0.39, 0.29) is 12.0 Å². The van der Waals surface area contributed by atoms with Crippen molar-refractivity contribution in [2.45, 2.75) is 18.7 Å². The first-order valence-electron chi connectivity index (χ1n) is 8.08. The van der Waals surface area contributed by atoms with Crippen LogP contribution in [0.5, 0.6) is 5.75 Å². The van der Waals surface area contributed by atoms with Crippen LogP contribution >= 0.6 is 12.2 Å². The molecule has 2 bridgehead atoms. The molecule has 0 spiro atoms. The molecule has 0 unspecified atom stereocenters. The molecule has 2 aliphatic heterocycles. The van der Waals surface area contributed by atoms with Crippen LogP contribution in [0.25, 0.3) is 0 Å². The number of hydrogen-bond acceptors (Lipinski definition) is 4. The van der Waals surface area contributed by atoms with Gasteiger partial charge in [-0.15, -0.1) is 0 Å². The Morgan fingerprint density at radius 1 is 1.20 bits per heavy atom. The molecule has 2 aliphatic rings. The maximum atomic E-state index is 12.7. The fourth-order valence-corrected chi connectivity index (χ4v) is 4.20. The highest BCUT2D eigenvalue weighted by Gasteiger charge is 2.59. The van der Waals surface area contributed by atoms with E-state index >= 15 is 0 Å². The van der Waals surface area contributed by atoms with Gasteiger partial charge in [-0.25, -0.2) is 0 Å². The van der Waals surface area contributed by atoms with Gasteiger partial charge in [0.15, 0.2) is 5.11 Å². The van der Waals surface area contributed by atoms with Crippen LogP contribution in [0.15, 0.2) is 54.6 Å². The Kier molecular flexibility index (Phi) is 3.65. The summed E-state index contributed by atoms with van der Waals surface area (Å²) in [5, 5.41) is 3.84. The van der Waals surface area contributed by atoms with E-state index in [4.69, 9.17) is 21.7 Å². The van der Waals surface area contributed by atoms with Crippen LogP contribution in [0.2, 0.25) is 0 Å². The number of anilines is 1. The molecule has 1 saturated heterocycles. The Hall–Kier alpha value is -2.60. The van der Waals surface area contributed by atoms with Crippen LogP contribution in [0, 0.1) is 5.92 Å². The van der Waals surface area contributed by atoms with E-state index in [2.05, 4.69) is 5.32 Å². The summed E-state index contributed by atoms with van der Waals surface area (Å²) in [4.78, 5) is 14.5. The molecule has 128 valence electrons. The van der Waals surface area contributed by atoms with E-state index in [0.29, 0.717) is 5.11 Å². The highest BCUT2D eigenvalue weighted by atomic mass is 32.1. The van der Waals surface area contributed by atoms with Crippen LogP contribution in [0.3, 0.4) is 0 Å². The number of carbonyl (C=O) groups is 1. The largest absolute Gasteiger partial charge is 0.469 e. The van der Waals surface area contributed by atoms with Crippen molar-refractivity contribution in [1.82, 2.24) is 5.32 Å². The molecule has 25 heavy (non-hydrogen) atoms. The molecule has 2 aromatic rings. The van der Waals surface area contributed by atoms with Gasteiger partial charge in [0, 0.05) is 11.3 Å². The normalized spacial score (nSPS) is 27.0. The van der Waals surface area contributed by atoms with E-state index in [1.165, 1.54) is 7.11 Å². The highest BCUT2D eigenvalue weighted by Crippen LogP contribution is 2.49. The number of thiocarbonyl (C=S) groups is 1. The highest BCUT2D eigenvalue weighted by molar-refractivity contribution is 7.80. The summed E-state index contributed by atoms with van der Waals surface area (Å²) in [5.74, 6) is -0.164. The summed E-state index contributed by atoms with van der Waals surface area (Å²) in [7, 11) is 1.40. The average molecular weight is 354 g/mol. The summed E-state index contributed by atoms with van der Waals surface area (Å²) in [6, 6.07) is 17.1. The number of esters is 1. The molecule has 3 atom stereocenters. The molecule has 0 amide bonds. The van der Waals surface area contributed by atoms with Crippen molar-refractivity contribution in [3.63, 3.8) is 0 Å². The minimum Gasteiger partial charge on any atom is -0.469 e. The molecule has 2 aromatic carbocycles. The Bertz CT molecular complexity index is 842. The number of hydrogen-bond donors (Lipinski definition) is 1. The molecule has 2 heterocycles. The second-order valence-corrected chi connectivity index (χ2v) is 6.68. The van der Waals surface area contributed by atoms with Gasteiger partial charge in [-0.3, -0.25) is 9.69 Å². The van der Waals surface area contributed by atoms with E-state index in [0.717, 1.165) is 17.0 Å². The zero-order valence-electron chi connectivity index (χ0n) is 13.9. The molecule has 1 fully saturated rings. The van der Waals surface area contributed by atoms with Crippen molar-refractivity contribution in [2.24, 2.45) is 5.92 Å². The van der Waals surface area contributed by atoms with Crippen LogP contribution in [-0.2, 0) is 9.53 Å². The van der Waals surface area contributed by atoms with Crippen LogP contribution < -0.4 is 15.0 Å². The Balaban J connectivity index is 1.91. The topological polar surface area (TPSA) is 50.8 Å². The third-order valence-corrected chi connectivity index (χ3v) is 5.18. The van der Waals surface area contributed by atoms with Crippen molar-refractivity contribution in [3.8, 4) is 5.75 Å². The van der Waals surface area contributed by atoms with Gasteiger partial charge < -0.3 is 14.8 Å². The number of nitrogens with one attached hydrogen (secondary N) is 1. The van der Waals surface area contributed by atoms with Crippen molar-refractivity contribution in [1.29, 1.82) is 0 Å². The number of rotatable bonds is 2. The van der Waals surface area contributed by atoms with Crippen molar-refractivity contribution in [3.05, 3.63) is 60.2 Å². The molecule has 4 rings (SSSR count). The first-order valence-corrected chi connectivity index (χ1v) is 8.48. The zero-order valence-corrected chi connectivity index (χ0v) is 14.7. The monoisotopic (exact) mass is 354 g/mol. The number of benzene rings is 2. The molecule has 6 heteroatoms. The summed E-state index contributed by atoms with van der Waals surface area (Å²) in [6.07, 6.45) is 0. The number of carbonyl (C=O) groups excluding carboxylic acids is 1. The Labute approximate surface area is 151 Å². The second-order valence-electron chi connectivity index (χ2n) is 6.29. The van der Waals surface area contributed by atoms with E-state index in [1.54, 1.807) is 0 Å². The lowest BCUT2D eigenvalue weighted by atomic mass is 9.79. The van der Waals surface area contributed by atoms with Crippen molar-refractivity contribution in [2.75, 3.05) is 12.0 Å². The molecule has 5 nitrogen and oxygen atoms in total. The Morgan fingerprint density at radius 2 is 1.88 bits per heavy atom. The minimum atomic E-state index is -0.990. The van der Waals surface area contributed by atoms with Gasteiger partial charge in [0.2, 0.25) is 5.72 Å². The lowest BCUT2D eigenvalue weighted by Gasteiger charge is -2.55. The predicted octanol–water partition coefficient (Wildman–Crippen LogP) is 3.02. The molecular weight excluding hydrogens is 336 g/mol. The molecule has 0 aliphatic carbocycles. The third-order valence-electron chi connectivity index (χ3n) is 4.88. The molecule has 0 aromatic heterocycles. The lowest BCUT2D eigenvalue weighted by molar-refractivity contribution is -0.157. The molecule has 0 radical (unpaired) electrons. The van der Waals surface area contributed by atoms with Crippen LogP contribution in [0.4, 0.5) is 5.69 Å². The first-order chi connectivity index (χ1) is 12.1. The fourth-order valence-electron chi connectivity index (χ4n) is 3.78. The van der Waals surface area contributed by atoms with Crippen molar-refractivity contribution < 1.29 is 14.3 Å². The summed E-state index contributed by atoms with van der Waals surface area (Å²) in [5.41, 5.74) is 0.773. The smallest absolute Gasteiger partial charge is 0.317 e. The zero-order chi connectivity index (χ0) is 17.6. The first kappa shape index (κ1) is 15.9. The maximum absolute atomic E-state index is 12.7. The number of nitrogens with zero attached hydrogens (tertiary/aromatic N) is 1. The molecule has 0 saturated carbocycles. The van der Waals surface area contributed by atoms with Gasteiger partial charge in [0.05, 0.1) is 13.2 Å². The second kappa shape index (κ2) is 5.74. The van der Waals surface area contributed by atoms with Crippen LogP contribution in [0.1, 0.15) is 18.5 Å². The van der Waals surface area contributed by atoms with Gasteiger partial charge >= 0.3 is 5.97 Å². The summed E-state index contributed by atoms with van der Waals surface area (Å²) >= 11 is 5.62. The minimum absolute atomic E-state index is 0.296. The number of ether oxygens (including phenoxy) is 2. The SMILES string of the molecule is COC(=O)[C@H]1[C@H]2NC(=S)N(c3ccccc3)[C@@]1(C)Oc1ccccc12. The fraction of sp³-hybridized carbons (Fsp3) is 0.263. The quantitative estimate of drug-likeness (QED) is 0.661.